The third-order valence-corrected chi connectivity index (χ3v) is 4.66. The Kier molecular flexibility index (Phi) is 5.94. The molecule has 3 N–H and O–H groups in total. The zero-order valence-electron chi connectivity index (χ0n) is 13.6. The Bertz CT molecular complexity index is 722. The van der Waals surface area contributed by atoms with Gasteiger partial charge in [0.2, 0.25) is 10.0 Å². The van der Waals surface area contributed by atoms with Crippen LogP contribution in [0.25, 0.3) is 0 Å². The number of halogens is 3. The fourth-order valence-electron chi connectivity index (χ4n) is 2.89. The van der Waals surface area contributed by atoms with Gasteiger partial charge in [-0.15, -0.1) is 0 Å². The molecule has 1 aliphatic rings. The van der Waals surface area contributed by atoms with E-state index in [4.69, 9.17) is 0 Å². The summed E-state index contributed by atoms with van der Waals surface area (Å²) in [5.41, 5.74) is -1.30. The van der Waals surface area contributed by atoms with E-state index in [1.165, 1.54) is 12.1 Å². The first-order chi connectivity index (χ1) is 11.6. The molecule has 10 heteroatoms. The van der Waals surface area contributed by atoms with Crippen LogP contribution in [0.2, 0.25) is 0 Å². The normalized spacial score (nSPS) is 21.6. The summed E-state index contributed by atoms with van der Waals surface area (Å²) in [7, 11) is -3.45. The first kappa shape index (κ1) is 19.5. The molecule has 1 aromatic rings. The van der Waals surface area contributed by atoms with Gasteiger partial charge in [-0.1, -0.05) is 25.0 Å². The summed E-state index contributed by atoms with van der Waals surface area (Å²) in [4.78, 5) is 12.1. The van der Waals surface area contributed by atoms with Crippen LogP contribution in [0, 0.1) is 0 Å². The van der Waals surface area contributed by atoms with Crippen molar-refractivity contribution in [1.82, 2.24) is 10.0 Å². The van der Waals surface area contributed by atoms with Crippen LogP contribution >= 0.6 is 0 Å². The number of rotatable bonds is 4. The van der Waals surface area contributed by atoms with Gasteiger partial charge in [-0.2, -0.15) is 13.2 Å². The maximum absolute atomic E-state index is 13.0. The van der Waals surface area contributed by atoms with Gasteiger partial charge in [-0.3, -0.25) is 0 Å². The van der Waals surface area contributed by atoms with Gasteiger partial charge >= 0.3 is 12.2 Å². The molecule has 0 heterocycles. The minimum atomic E-state index is -4.59. The minimum Gasteiger partial charge on any atom is -0.334 e. The molecule has 25 heavy (non-hydrogen) atoms. The number of urea groups is 1. The van der Waals surface area contributed by atoms with Crippen molar-refractivity contribution in [2.45, 2.75) is 43.9 Å². The third kappa shape index (κ3) is 5.89. The summed E-state index contributed by atoms with van der Waals surface area (Å²) in [5.74, 6) is 0. The monoisotopic (exact) mass is 379 g/mol. The van der Waals surface area contributed by atoms with Crippen molar-refractivity contribution in [3.05, 3.63) is 29.8 Å². The topological polar surface area (TPSA) is 87.3 Å². The van der Waals surface area contributed by atoms with E-state index < -0.39 is 39.9 Å². The summed E-state index contributed by atoms with van der Waals surface area (Å²) in [6.07, 6.45) is -0.859. The Morgan fingerprint density at radius 3 is 2.32 bits per heavy atom. The second-order valence-corrected chi connectivity index (χ2v) is 7.81. The van der Waals surface area contributed by atoms with Gasteiger partial charge < -0.3 is 10.6 Å². The first-order valence-electron chi connectivity index (χ1n) is 7.77. The lowest BCUT2D eigenvalue weighted by atomic mass is 9.91. The van der Waals surface area contributed by atoms with Gasteiger partial charge in [-0.05, 0) is 25.0 Å². The van der Waals surface area contributed by atoms with Gasteiger partial charge in [0.05, 0.1) is 17.5 Å². The summed E-state index contributed by atoms with van der Waals surface area (Å²) in [6, 6.07) is 2.90. The Balaban J connectivity index is 2.07. The molecule has 1 aliphatic carbocycles. The average Bonchev–Trinajstić information content (AvgIpc) is 2.47. The molecule has 2 amide bonds. The smallest absolute Gasteiger partial charge is 0.334 e. The van der Waals surface area contributed by atoms with Crippen LogP contribution < -0.4 is 15.4 Å². The van der Waals surface area contributed by atoms with E-state index in [0.717, 1.165) is 31.2 Å². The minimum absolute atomic E-state index is 0.351. The summed E-state index contributed by atoms with van der Waals surface area (Å²) in [6.45, 7) is 0. The SMILES string of the molecule is CS(=O)(=O)N[C@H]1CCCC[C@H]1NC(=O)Nc1ccccc1C(F)(F)F. The quantitative estimate of drug-likeness (QED) is 0.752. The Hall–Kier alpha value is -1.81. The van der Waals surface area contributed by atoms with E-state index >= 15 is 0 Å². The van der Waals surface area contributed by atoms with Crippen LogP contribution in [0.1, 0.15) is 31.2 Å². The lowest BCUT2D eigenvalue weighted by Gasteiger charge is -2.32. The average molecular weight is 379 g/mol. The lowest BCUT2D eigenvalue weighted by Crippen LogP contribution is -2.53. The number of carbonyl (C=O) groups excluding carboxylic acids is 1. The highest BCUT2D eigenvalue weighted by Gasteiger charge is 2.34. The van der Waals surface area contributed by atoms with Crippen molar-refractivity contribution in [1.29, 1.82) is 0 Å². The number of amides is 2. The van der Waals surface area contributed by atoms with E-state index in [9.17, 15) is 26.4 Å². The van der Waals surface area contributed by atoms with Gasteiger partial charge in [0.25, 0.3) is 0 Å². The van der Waals surface area contributed by atoms with Crippen LogP contribution in [-0.2, 0) is 16.2 Å². The zero-order valence-corrected chi connectivity index (χ0v) is 14.4. The van der Waals surface area contributed by atoms with Crippen molar-refractivity contribution < 1.29 is 26.4 Å². The largest absolute Gasteiger partial charge is 0.418 e. The number of sulfonamides is 1. The number of nitrogens with one attached hydrogen (secondary N) is 3. The number of anilines is 1. The third-order valence-electron chi connectivity index (χ3n) is 3.93. The van der Waals surface area contributed by atoms with Crippen molar-refractivity contribution in [2.75, 3.05) is 11.6 Å². The van der Waals surface area contributed by atoms with Crippen LogP contribution in [0.15, 0.2) is 24.3 Å². The van der Waals surface area contributed by atoms with E-state index in [1.807, 2.05) is 0 Å². The van der Waals surface area contributed by atoms with Gasteiger partial charge in [0, 0.05) is 12.1 Å². The van der Waals surface area contributed by atoms with E-state index in [-0.39, 0.29) is 5.69 Å². The van der Waals surface area contributed by atoms with Crippen LogP contribution in [-0.4, -0.2) is 32.8 Å². The molecule has 1 saturated carbocycles. The van der Waals surface area contributed by atoms with Crippen LogP contribution in [0.4, 0.5) is 23.7 Å². The molecule has 1 fully saturated rings. The van der Waals surface area contributed by atoms with Gasteiger partial charge in [0.1, 0.15) is 0 Å². The molecule has 0 saturated heterocycles. The lowest BCUT2D eigenvalue weighted by molar-refractivity contribution is -0.136. The molecule has 0 aromatic heterocycles. The molecule has 0 aliphatic heterocycles. The molecule has 140 valence electrons. The van der Waals surface area contributed by atoms with Crippen LogP contribution in [0.3, 0.4) is 0 Å². The predicted octanol–water partition coefficient (Wildman–Crippen LogP) is 2.69. The molecular weight excluding hydrogens is 359 g/mol. The number of hydrogen-bond donors (Lipinski definition) is 3. The van der Waals surface area contributed by atoms with E-state index in [2.05, 4.69) is 15.4 Å². The second kappa shape index (κ2) is 7.61. The van der Waals surface area contributed by atoms with Crippen molar-refractivity contribution in [3.8, 4) is 0 Å². The number of benzene rings is 1. The number of alkyl halides is 3. The highest BCUT2D eigenvalue weighted by Crippen LogP contribution is 2.34. The summed E-state index contributed by atoms with van der Waals surface area (Å²) < 4.78 is 64.2. The Labute approximate surface area is 144 Å². The van der Waals surface area contributed by atoms with Gasteiger partial charge in [-0.25, -0.2) is 17.9 Å². The Morgan fingerprint density at radius 2 is 1.72 bits per heavy atom. The number of hydrogen-bond acceptors (Lipinski definition) is 3. The first-order valence-corrected chi connectivity index (χ1v) is 9.66. The fraction of sp³-hybridized carbons (Fsp3) is 0.533. The molecule has 6 nitrogen and oxygen atoms in total. The van der Waals surface area contributed by atoms with Crippen molar-refractivity contribution in [2.24, 2.45) is 0 Å². The van der Waals surface area contributed by atoms with Gasteiger partial charge in [0.15, 0.2) is 0 Å². The maximum Gasteiger partial charge on any atom is 0.418 e. The molecule has 0 unspecified atom stereocenters. The molecule has 1 aromatic carbocycles. The van der Waals surface area contributed by atoms with Crippen molar-refractivity contribution >= 4 is 21.7 Å². The molecule has 2 rings (SSSR count). The molecule has 0 spiro atoms. The number of para-hydroxylation sites is 1. The van der Waals surface area contributed by atoms with E-state index in [1.54, 1.807) is 0 Å². The molecular formula is C15H20F3N3O3S. The summed E-state index contributed by atoms with van der Waals surface area (Å²) in [5, 5.41) is 4.77. The standard InChI is InChI=1S/C15H20F3N3O3S/c1-25(23,24)21-13-9-5-4-8-12(13)20-14(22)19-11-7-3-2-6-10(11)15(16,17)18/h2-3,6-7,12-13,21H,4-5,8-9H2,1H3,(H2,19,20,22)/t12-,13+/m1/s1. The molecule has 2 atom stereocenters. The fourth-order valence-corrected chi connectivity index (χ4v) is 3.72. The molecule has 0 radical (unpaired) electrons. The van der Waals surface area contributed by atoms with Crippen LogP contribution in [0.5, 0.6) is 0 Å². The zero-order chi connectivity index (χ0) is 18.7. The van der Waals surface area contributed by atoms with E-state index in [0.29, 0.717) is 12.8 Å². The summed E-state index contributed by atoms with van der Waals surface area (Å²) >= 11 is 0. The second-order valence-electron chi connectivity index (χ2n) is 6.03. The van der Waals surface area contributed by atoms with Crippen molar-refractivity contribution in [3.63, 3.8) is 0 Å². The highest BCUT2D eigenvalue weighted by molar-refractivity contribution is 7.88. The molecule has 0 bridgehead atoms. The Morgan fingerprint density at radius 1 is 1.12 bits per heavy atom. The number of carbonyl (C=O) groups is 1. The maximum atomic E-state index is 13.0. The highest BCUT2D eigenvalue weighted by atomic mass is 32.2. The predicted molar refractivity (Wildman–Crippen MR) is 87.6 cm³/mol.